The molecule has 1 fully saturated rings. The lowest BCUT2D eigenvalue weighted by Gasteiger charge is -2.38. The van der Waals surface area contributed by atoms with Crippen LogP contribution in [0.5, 0.6) is 11.5 Å². The Bertz CT molecular complexity index is 920. The van der Waals surface area contributed by atoms with Crippen molar-refractivity contribution in [2.75, 3.05) is 26.8 Å². The van der Waals surface area contributed by atoms with Crippen LogP contribution >= 0.6 is 0 Å². The molecular weight excluding hydrogens is 344 g/mol. The van der Waals surface area contributed by atoms with E-state index >= 15 is 0 Å². The second kappa shape index (κ2) is 7.49. The molecule has 1 aliphatic heterocycles. The van der Waals surface area contributed by atoms with Crippen LogP contribution in [-0.2, 0) is 4.79 Å². The van der Waals surface area contributed by atoms with Crippen LogP contribution < -0.4 is 9.47 Å². The third-order valence-corrected chi connectivity index (χ3v) is 4.59. The maximum Gasteiger partial charge on any atom is 0.260 e. The van der Waals surface area contributed by atoms with Gasteiger partial charge < -0.3 is 14.4 Å². The molecule has 7 heteroatoms. The number of amides is 1. The van der Waals surface area contributed by atoms with E-state index in [2.05, 4.69) is 10.3 Å². The van der Waals surface area contributed by atoms with Crippen LogP contribution in [0.2, 0.25) is 0 Å². The van der Waals surface area contributed by atoms with E-state index in [-0.39, 0.29) is 18.6 Å². The molecule has 1 amide bonds. The number of methoxy groups -OCH3 is 1. The van der Waals surface area contributed by atoms with Crippen molar-refractivity contribution in [3.05, 3.63) is 60.8 Å². The molecule has 0 bridgehead atoms. The summed E-state index contributed by atoms with van der Waals surface area (Å²) in [5.41, 5.74) is 1.86. The standard InChI is InChI=1S/C20H20N4O3/c1-26-18-9-5-6-10-19(18)27-14-20(25)23-11-16(12-23)24-13-17(21-22-24)15-7-3-2-4-8-15/h2-10,13,16H,11-12,14H2,1H3. The zero-order valence-corrected chi connectivity index (χ0v) is 15.0. The lowest BCUT2D eigenvalue weighted by molar-refractivity contribution is -0.139. The highest BCUT2D eigenvalue weighted by atomic mass is 16.5. The van der Waals surface area contributed by atoms with Gasteiger partial charge in [-0.1, -0.05) is 47.7 Å². The molecule has 0 N–H and O–H groups in total. The van der Waals surface area contributed by atoms with E-state index in [1.165, 1.54) is 0 Å². The fourth-order valence-electron chi connectivity index (χ4n) is 2.99. The molecule has 0 spiro atoms. The lowest BCUT2D eigenvalue weighted by atomic mass is 10.1. The number of carbonyl (C=O) groups is 1. The van der Waals surface area contributed by atoms with Crippen molar-refractivity contribution in [2.24, 2.45) is 0 Å². The van der Waals surface area contributed by atoms with E-state index in [4.69, 9.17) is 9.47 Å². The third-order valence-electron chi connectivity index (χ3n) is 4.59. The Balaban J connectivity index is 1.30. The molecule has 0 aliphatic carbocycles. The number of rotatable bonds is 6. The quantitative estimate of drug-likeness (QED) is 0.672. The van der Waals surface area contributed by atoms with E-state index in [0.717, 1.165) is 11.3 Å². The smallest absolute Gasteiger partial charge is 0.260 e. The van der Waals surface area contributed by atoms with Gasteiger partial charge >= 0.3 is 0 Å². The minimum atomic E-state index is -0.0550. The first-order chi connectivity index (χ1) is 13.2. The lowest BCUT2D eigenvalue weighted by Crippen LogP contribution is -2.52. The average molecular weight is 364 g/mol. The van der Waals surface area contributed by atoms with Gasteiger partial charge in [0.1, 0.15) is 5.69 Å². The number of hydrogen-bond acceptors (Lipinski definition) is 5. The highest BCUT2D eigenvalue weighted by Gasteiger charge is 2.33. The Kier molecular flexibility index (Phi) is 4.74. The number of benzene rings is 2. The topological polar surface area (TPSA) is 69.5 Å². The van der Waals surface area contributed by atoms with Gasteiger partial charge in [0.2, 0.25) is 0 Å². The van der Waals surface area contributed by atoms with Crippen LogP contribution in [0.15, 0.2) is 60.8 Å². The summed E-state index contributed by atoms with van der Waals surface area (Å²) in [5, 5.41) is 8.43. The second-order valence-corrected chi connectivity index (χ2v) is 6.34. The van der Waals surface area contributed by atoms with E-state index in [0.29, 0.717) is 24.6 Å². The van der Waals surface area contributed by atoms with Crippen LogP contribution in [0.3, 0.4) is 0 Å². The number of carbonyl (C=O) groups excluding carboxylic acids is 1. The summed E-state index contributed by atoms with van der Waals surface area (Å²) in [5.74, 6) is 1.12. The predicted octanol–water partition coefficient (Wildman–Crippen LogP) is 2.42. The highest BCUT2D eigenvalue weighted by molar-refractivity contribution is 5.78. The first kappa shape index (κ1) is 17.1. The van der Waals surface area contributed by atoms with Gasteiger partial charge in [-0.25, -0.2) is 4.68 Å². The van der Waals surface area contributed by atoms with Crippen LogP contribution in [0.4, 0.5) is 0 Å². The van der Waals surface area contributed by atoms with Crippen molar-refractivity contribution >= 4 is 5.91 Å². The van der Waals surface area contributed by atoms with Gasteiger partial charge in [0, 0.05) is 18.7 Å². The molecule has 0 unspecified atom stereocenters. The van der Waals surface area contributed by atoms with E-state index < -0.39 is 0 Å². The third kappa shape index (κ3) is 3.62. The van der Waals surface area contributed by atoms with E-state index in [9.17, 15) is 4.79 Å². The van der Waals surface area contributed by atoms with Gasteiger partial charge in [-0.15, -0.1) is 5.10 Å². The molecule has 138 valence electrons. The van der Waals surface area contributed by atoms with Gasteiger partial charge in [-0.05, 0) is 12.1 Å². The van der Waals surface area contributed by atoms with E-state index in [1.807, 2.05) is 53.3 Å². The maximum absolute atomic E-state index is 12.3. The number of hydrogen-bond donors (Lipinski definition) is 0. The number of ether oxygens (including phenoxy) is 2. The molecule has 27 heavy (non-hydrogen) atoms. The molecule has 3 aromatic rings. The molecule has 0 saturated carbocycles. The number of para-hydroxylation sites is 2. The Morgan fingerprint density at radius 3 is 2.52 bits per heavy atom. The fourth-order valence-corrected chi connectivity index (χ4v) is 2.99. The molecule has 4 rings (SSSR count). The van der Waals surface area contributed by atoms with Crippen LogP contribution in [-0.4, -0.2) is 52.6 Å². The van der Waals surface area contributed by atoms with Crippen molar-refractivity contribution in [1.82, 2.24) is 19.9 Å². The average Bonchev–Trinajstić information content (AvgIpc) is 3.16. The van der Waals surface area contributed by atoms with Gasteiger partial charge in [-0.2, -0.15) is 0 Å². The summed E-state index contributed by atoms with van der Waals surface area (Å²) in [7, 11) is 1.58. The molecule has 0 radical (unpaired) electrons. The summed E-state index contributed by atoms with van der Waals surface area (Å²) >= 11 is 0. The summed E-state index contributed by atoms with van der Waals surface area (Å²) in [6.45, 7) is 1.19. The predicted molar refractivity (Wildman–Crippen MR) is 99.6 cm³/mol. The number of aromatic nitrogens is 3. The Labute approximate surface area is 157 Å². The summed E-state index contributed by atoms with van der Waals surface area (Å²) < 4.78 is 12.6. The van der Waals surface area contributed by atoms with Gasteiger partial charge in [0.15, 0.2) is 18.1 Å². The fraction of sp³-hybridized carbons (Fsp3) is 0.250. The SMILES string of the molecule is COc1ccccc1OCC(=O)N1CC(n2cc(-c3ccccc3)nn2)C1. The van der Waals surface area contributed by atoms with Crippen molar-refractivity contribution < 1.29 is 14.3 Å². The van der Waals surface area contributed by atoms with Crippen LogP contribution in [0, 0.1) is 0 Å². The van der Waals surface area contributed by atoms with Crippen molar-refractivity contribution in [1.29, 1.82) is 0 Å². The zero-order chi connectivity index (χ0) is 18.6. The van der Waals surface area contributed by atoms with Gasteiger partial charge in [0.25, 0.3) is 5.91 Å². The molecule has 1 aliphatic rings. The minimum Gasteiger partial charge on any atom is -0.493 e. The maximum atomic E-state index is 12.3. The summed E-state index contributed by atoms with van der Waals surface area (Å²) in [6, 6.07) is 17.3. The molecule has 1 aromatic heterocycles. The number of likely N-dealkylation sites (tertiary alicyclic amines) is 1. The summed E-state index contributed by atoms with van der Waals surface area (Å²) in [6.07, 6.45) is 1.92. The normalized spacial score (nSPS) is 13.9. The van der Waals surface area contributed by atoms with Crippen molar-refractivity contribution in [2.45, 2.75) is 6.04 Å². The number of nitrogens with zero attached hydrogens (tertiary/aromatic N) is 4. The highest BCUT2D eigenvalue weighted by Crippen LogP contribution is 2.27. The van der Waals surface area contributed by atoms with Crippen LogP contribution in [0.1, 0.15) is 6.04 Å². The van der Waals surface area contributed by atoms with Crippen molar-refractivity contribution in [3.8, 4) is 22.8 Å². The second-order valence-electron chi connectivity index (χ2n) is 6.34. The van der Waals surface area contributed by atoms with Gasteiger partial charge in [0.05, 0.1) is 19.3 Å². The Hall–Kier alpha value is -3.35. The van der Waals surface area contributed by atoms with Crippen molar-refractivity contribution in [3.63, 3.8) is 0 Å². The molecule has 2 aromatic carbocycles. The summed E-state index contributed by atoms with van der Waals surface area (Å²) in [4.78, 5) is 14.1. The minimum absolute atomic E-state index is 0.0142. The Morgan fingerprint density at radius 2 is 1.78 bits per heavy atom. The molecule has 0 atom stereocenters. The first-order valence-corrected chi connectivity index (χ1v) is 8.75. The van der Waals surface area contributed by atoms with Gasteiger partial charge in [-0.3, -0.25) is 4.79 Å². The molecule has 7 nitrogen and oxygen atoms in total. The Morgan fingerprint density at radius 1 is 1.07 bits per heavy atom. The first-order valence-electron chi connectivity index (χ1n) is 8.75. The monoisotopic (exact) mass is 364 g/mol. The van der Waals surface area contributed by atoms with E-state index in [1.54, 1.807) is 24.1 Å². The molecule has 1 saturated heterocycles. The molecule has 2 heterocycles. The largest absolute Gasteiger partial charge is 0.493 e. The van der Waals surface area contributed by atoms with Crippen LogP contribution in [0.25, 0.3) is 11.3 Å². The zero-order valence-electron chi connectivity index (χ0n) is 15.0. The molecular formula is C20H20N4O3.